The Labute approximate surface area is 265 Å². The van der Waals surface area contributed by atoms with E-state index in [-0.39, 0.29) is 30.2 Å². The Morgan fingerprint density at radius 3 is 2.44 bits per heavy atom. The van der Waals surface area contributed by atoms with Crippen LogP contribution in [0.15, 0.2) is 48.6 Å². The Bertz CT molecular complexity index is 1310. The Morgan fingerprint density at radius 2 is 1.76 bits per heavy atom. The molecule has 1 N–H and O–H groups in total. The maximum absolute atomic E-state index is 14.7. The van der Waals surface area contributed by atoms with Crippen molar-refractivity contribution in [3.8, 4) is 5.75 Å². The standard InChI is InChI=1S/C34H46N4O7/c1-4-23(3)26(22-39)38-30-33(42)36(17-16-35-18-20-43-21-19-35)14-7-13-34(30)29(32(38)41)28-27(45-34)8-6-15-37(31(28)40)24-9-11-25(12-10-24)44-5-2/h6-13,23,26-30,39H,4-5,14-22H2,1-3H3/t23-,26-,27-,28+,29-,30?,34-/m0/s1. The van der Waals surface area contributed by atoms with E-state index in [1.807, 2.05) is 69.3 Å². The van der Waals surface area contributed by atoms with E-state index < -0.39 is 35.6 Å². The molecule has 11 nitrogen and oxygen atoms in total. The van der Waals surface area contributed by atoms with Gasteiger partial charge in [-0.1, -0.05) is 44.6 Å². The first-order valence-corrected chi connectivity index (χ1v) is 16.4. The van der Waals surface area contributed by atoms with Crippen LogP contribution in [0.3, 0.4) is 0 Å². The Morgan fingerprint density at radius 1 is 1.00 bits per heavy atom. The molecule has 3 saturated heterocycles. The number of amides is 3. The smallest absolute Gasteiger partial charge is 0.249 e. The zero-order valence-corrected chi connectivity index (χ0v) is 26.5. The predicted molar refractivity (Wildman–Crippen MR) is 168 cm³/mol. The maximum atomic E-state index is 14.7. The van der Waals surface area contributed by atoms with E-state index in [1.54, 1.807) is 14.7 Å². The van der Waals surface area contributed by atoms with Crippen molar-refractivity contribution in [2.75, 3.05) is 70.6 Å². The van der Waals surface area contributed by atoms with Crippen LogP contribution < -0.4 is 9.64 Å². The third kappa shape index (κ3) is 5.58. The number of hydrogen-bond acceptors (Lipinski definition) is 8. The highest BCUT2D eigenvalue weighted by molar-refractivity contribution is 6.04. The Balaban J connectivity index is 1.36. The summed E-state index contributed by atoms with van der Waals surface area (Å²) in [6.07, 6.45) is 7.61. The molecule has 3 amide bonds. The number of aliphatic hydroxyl groups excluding tert-OH is 1. The van der Waals surface area contributed by atoms with E-state index in [1.165, 1.54) is 0 Å². The monoisotopic (exact) mass is 622 g/mol. The van der Waals surface area contributed by atoms with Gasteiger partial charge in [-0.2, -0.15) is 0 Å². The minimum atomic E-state index is -1.33. The van der Waals surface area contributed by atoms with Gasteiger partial charge in [0.1, 0.15) is 17.4 Å². The summed E-state index contributed by atoms with van der Waals surface area (Å²) < 4.78 is 17.9. The summed E-state index contributed by atoms with van der Waals surface area (Å²) in [5.74, 6) is -1.84. The molecule has 11 heteroatoms. The van der Waals surface area contributed by atoms with Crippen molar-refractivity contribution in [2.24, 2.45) is 17.8 Å². The van der Waals surface area contributed by atoms with Crippen molar-refractivity contribution < 1.29 is 33.7 Å². The number of carbonyl (C=O) groups excluding carboxylic acids is 3. The molecule has 0 bridgehead atoms. The average Bonchev–Trinajstić information content (AvgIpc) is 3.37. The van der Waals surface area contributed by atoms with E-state index in [0.717, 1.165) is 13.1 Å². The minimum Gasteiger partial charge on any atom is -0.494 e. The highest BCUT2D eigenvalue weighted by Gasteiger charge is 2.72. The topological polar surface area (TPSA) is 112 Å². The molecule has 5 aliphatic rings. The Kier molecular flexibility index (Phi) is 9.33. The third-order valence-electron chi connectivity index (χ3n) is 10.3. The molecule has 6 rings (SSSR count). The first-order valence-electron chi connectivity index (χ1n) is 16.4. The molecule has 45 heavy (non-hydrogen) atoms. The molecule has 1 aromatic carbocycles. The first kappa shape index (κ1) is 31.7. The number of carbonyl (C=O) groups is 3. The van der Waals surface area contributed by atoms with Crippen LogP contribution in [-0.2, 0) is 23.9 Å². The lowest BCUT2D eigenvalue weighted by atomic mass is 9.77. The zero-order chi connectivity index (χ0) is 31.7. The number of anilines is 1. The van der Waals surface area contributed by atoms with Crippen LogP contribution in [0.4, 0.5) is 5.69 Å². The summed E-state index contributed by atoms with van der Waals surface area (Å²) in [6.45, 7) is 11.0. The summed E-state index contributed by atoms with van der Waals surface area (Å²) in [5.41, 5.74) is -0.636. The predicted octanol–water partition coefficient (Wildman–Crippen LogP) is 1.71. The quantitative estimate of drug-likeness (QED) is 0.393. The van der Waals surface area contributed by atoms with E-state index in [9.17, 15) is 19.5 Å². The largest absolute Gasteiger partial charge is 0.494 e. The number of aliphatic hydroxyl groups is 1. The first-order chi connectivity index (χ1) is 21.8. The number of fused-ring (bicyclic) bond motifs is 2. The molecule has 1 unspecified atom stereocenters. The summed E-state index contributed by atoms with van der Waals surface area (Å²) in [6, 6.07) is 5.78. The number of likely N-dealkylation sites (tertiary alicyclic amines) is 1. The molecule has 5 aliphatic heterocycles. The van der Waals surface area contributed by atoms with Gasteiger partial charge in [0, 0.05) is 45.0 Å². The fraction of sp³-hybridized carbons (Fsp3) is 0.618. The van der Waals surface area contributed by atoms with Crippen molar-refractivity contribution >= 4 is 23.4 Å². The average molecular weight is 623 g/mol. The lowest BCUT2D eigenvalue weighted by Crippen LogP contribution is -2.59. The molecule has 1 spiro atoms. The van der Waals surface area contributed by atoms with Crippen LogP contribution in [0, 0.1) is 17.8 Å². The van der Waals surface area contributed by atoms with E-state index >= 15 is 0 Å². The number of benzene rings is 1. The lowest BCUT2D eigenvalue weighted by Gasteiger charge is -2.40. The molecular formula is C34H46N4O7. The molecule has 244 valence electrons. The van der Waals surface area contributed by atoms with Gasteiger partial charge >= 0.3 is 0 Å². The molecule has 0 saturated carbocycles. The molecule has 0 aliphatic carbocycles. The second-order valence-electron chi connectivity index (χ2n) is 12.7. The number of ether oxygens (including phenoxy) is 3. The van der Waals surface area contributed by atoms with Gasteiger partial charge < -0.3 is 34.0 Å². The lowest BCUT2D eigenvalue weighted by molar-refractivity contribution is -0.151. The van der Waals surface area contributed by atoms with E-state index in [0.29, 0.717) is 63.9 Å². The third-order valence-corrected chi connectivity index (χ3v) is 10.3. The molecule has 1 aromatic rings. The van der Waals surface area contributed by atoms with Crippen molar-refractivity contribution in [2.45, 2.75) is 51.0 Å². The van der Waals surface area contributed by atoms with Gasteiger partial charge in [0.25, 0.3) is 0 Å². The SMILES string of the molecule is CCOc1ccc(N2CC=C[C@@H]3O[C@]45C=CCN(CCN6CCOCC6)C(=O)C4N([C@@H](CO)[C@@H](C)CC)C(=O)[C@@H]5[C@@H]3C2=O)cc1. The van der Waals surface area contributed by atoms with Gasteiger partial charge in [0.2, 0.25) is 17.7 Å². The van der Waals surface area contributed by atoms with Crippen molar-refractivity contribution in [1.82, 2.24) is 14.7 Å². The second kappa shape index (κ2) is 13.2. The van der Waals surface area contributed by atoms with Crippen molar-refractivity contribution in [3.05, 3.63) is 48.6 Å². The van der Waals surface area contributed by atoms with Crippen molar-refractivity contribution in [1.29, 1.82) is 0 Å². The molecule has 7 atom stereocenters. The van der Waals surface area contributed by atoms with Crippen LogP contribution in [-0.4, -0.2) is 127 Å². The number of morpholine rings is 1. The summed E-state index contributed by atoms with van der Waals surface area (Å²) in [7, 11) is 0. The second-order valence-corrected chi connectivity index (χ2v) is 12.7. The van der Waals surface area contributed by atoms with Gasteiger partial charge in [0.05, 0.1) is 50.4 Å². The maximum Gasteiger partial charge on any atom is 0.249 e. The van der Waals surface area contributed by atoms with E-state index in [2.05, 4.69) is 4.90 Å². The molecule has 3 fully saturated rings. The van der Waals surface area contributed by atoms with Crippen LogP contribution >= 0.6 is 0 Å². The number of hydrogen-bond donors (Lipinski definition) is 1. The summed E-state index contributed by atoms with van der Waals surface area (Å²) in [4.78, 5) is 51.1. The highest BCUT2D eigenvalue weighted by Crippen LogP contribution is 2.54. The summed E-state index contributed by atoms with van der Waals surface area (Å²) >= 11 is 0. The fourth-order valence-electron chi connectivity index (χ4n) is 7.70. The number of nitrogens with zero attached hydrogens (tertiary/aromatic N) is 4. The van der Waals surface area contributed by atoms with Crippen molar-refractivity contribution in [3.63, 3.8) is 0 Å². The highest BCUT2D eigenvalue weighted by atomic mass is 16.5. The zero-order valence-electron chi connectivity index (χ0n) is 26.5. The van der Waals surface area contributed by atoms with E-state index in [4.69, 9.17) is 14.2 Å². The fourth-order valence-corrected chi connectivity index (χ4v) is 7.70. The Hall–Kier alpha value is -3.25. The summed E-state index contributed by atoms with van der Waals surface area (Å²) in [5, 5.41) is 10.6. The molecular weight excluding hydrogens is 576 g/mol. The molecule has 0 radical (unpaired) electrons. The molecule has 5 heterocycles. The van der Waals surface area contributed by atoms with Crippen LogP contribution in [0.2, 0.25) is 0 Å². The van der Waals surface area contributed by atoms with Gasteiger partial charge in [-0.25, -0.2) is 0 Å². The number of rotatable bonds is 10. The minimum absolute atomic E-state index is 0.0717. The van der Waals surface area contributed by atoms with Crippen LogP contribution in [0.25, 0.3) is 0 Å². The van der Waals surface area contributed by atoms with Gasteiger partial charge in [-0.05, 0) is 37.1 Å². The normalized spacial score (nSPS) is 31.4. The molecule has 0 aromatic heterocycles. The van der Waals surface area contributed by atoms with Crippen LogP contribution in [0.5, 0.6) is 5.75 Å². The van der Waals surface area contributed by atoms with Crippen LogP contribution in [0.1, 0.15) is 27.2 Å². The van der Waals surface area contributed by atoms with Gasteiger partial charge in [-0.3, -0.25) is 19.3 Å². The van der Waals surface area contributed by atoms with Gasteiger partial charge in [0.15, 0.2) is 0 Å². The van der Waals surface area contributed by atoms with Gasteiger partial charge in [-0.15, -0.1) is 0 Å².